The van der Waals surface area contributed by atoms with Gasteiger partial charge in [0.15, 0.2) is 0 Å². The van der Waals surface area contributed by atoms with Crippen molar-refractivity contribution in [1.82, 2.24) is 23.7 Å². The Morgan fingerprint density at radius 1 is 1.14 bits per heavy atom. The Bertz CT molecular complexity index is 1420. The topological polar surface area (TPSA) is 121 Å². The first-order valence-corrected chi connectivity index (χ1v) is 14.4. The van der Waals surface area contributed by atoms with Crippen LogP contribution < -0.4 is 10.3 Å². The molecular formula is C26H37N5O5S. The van der Waals surface area contributed by atoms with E-state index in [0.29, 0.717) is 61.7 Å². The molecule has 10 nitrogen and oxygen atoms in total. The molecule has 0 aliphatic carbocycles. The predicted octanol–water partition coefficient (Wildman–Crippen LogP) is 2.28. The van der Waals surface area contributed by atoms with Gasteiger partial charge in [0.05, 0.1) is 29.2 Å². The largest absolute Gasteiger partial charge is 0.493 e. The van der Waals surface area contributed by atoms with Crippen molar-refractivity contribution in [3.05, 3.63) is 39.8 Å². The van der Waals surface area contributed by atoms with Crippen LogP contribution in [0.5, 0.6) is 5.75 Å². The zero-order chi connectivity index (χ0) is 26.7. The first kappa shape index (κ1) is 27.3. The van der Waals surface area contributed by atoms with E-state index in [1.54, 1.807) is 18.2 Å². The first-order valence-electron chi connectivity index (χ1n) is 12.9. The molecule has 0 spiro atoms. The van der Waals surface area contributed by atoms with Gasteiger partial charge >= 0.3 is 0 Å². The number of aromatic amines is 1. The van der Waals surface area contributed by atoms with Gasteiger partial charge in [-0.25, -0.2) is 13.4 Å². The third-order valence-corrected chi connectivity index (χ3v) is 8.90. The van der Waals surface area contributed by atoms with Crippen molar-refractivity contribution in [1.29, 1.82) is 0 Å². The smallest absolute Gasteiger partial charge is 0.275 e. The van der Waals surface area contributed by atoms with Gasteiger partial charge in [-0.1, -0.05) is 20.3 Å². The molecule has 1 aromatic carbocycles. The molecule has 2 aromatic heterocycles. The van der Waals surface area contributed by atoms with E-state index in [4.69, 9.17) is 9.72 Å². The maximum absolute atomic E-state index is 13.5. The molecule has 1 fully saturated rings. The standard InChI is InChI=1S/C26H37N5O5S/c1-5-7-20-18(3)29(4)24-23(20)27-25(28-26(24)33)21-17-19(8-9-22(21)36-16-6-2)37(34,35)31-12-10-30(11-13-31)14-15-32/h8-9,17,32H,5-7,10-16H2,1-4H3,(H,27,28,33). The molecule has 1 saturated heterocycles. The van der Waals surface area contributed by atoms with Crippen LogP contribution in [0.4, 0.5) is 0 Å². The van der Waals surface area contributed by atoms with Crippen molar-refractivity contribution in [3.63, 3.8) is 0 Å². The van der Waals surface area contributed by atoms with Crippen LogP contribution in [0.25, 0.3) is 22.4 Å². The molecule has 11 heteroatoms. The number of fused-ring (bicyclic) bond motifs is 1. The molecule has 0 bridgehead atoms. The molecule has 0 unspecified atom stereocenters. The zero-order valence-electron chi connectivity index (χ0n) is 22.1. The van der Waals surface area contributed by atoms with E-state index in [2.05, 4.69) is 11.9 Å². The van der Waals surface area contributed by atoms with Crippen LogP contribution >= 0.6 is 0 Å². The number of β-amino-alcohol motifs (C(OH)–C–C–N with tert-alkyl or cyclic N) is 1. The normalized spacial score (nSPS) is 15.5. The van der Waals surface area contributed by atoms with Crippen LogP contribution in [-0.4, -0.2) is 83.2 Å². The molecule has 0 atom stereocenters. The number of hydrogen-bond donors (Lipinski definition) is 2. The minimum Gasteiger partial charge on any atom is -0.493 e. The number of aliphatic hydroxyl groups excluding tert-OH is 1. The van der Waals surface area contributed by atoms with Gasteiger partial charge < -0.3 is 19.4 Å². The number of aryl methyl sites for hydroxylation is 2. The fourth-order valence-corrected chi connectivity index (χ4v) is 6.33. The number of piperazine rings is 1. The van der Waals surface area contributed by atoms with E-state index >= 15 is 0 Å². The highest BCUT2D eigenvalue weighted by atomic mass is 32.2. The monoisotopic (exact) mass is 531 g/mol. The van der Waals surface area contributed by atoms with E-state index in [-0.39, 0.29) is 22.9 Å². The third kappa shape index (κ3) is 5.31. The van der Waals surface area contributed by atoms with Gasteiger partial charge in [0, 0.05) is 45.5 Å². The van der Waals surface area contributed by atoms with E-state index in [0.717, 1.165) is 30.5 Å². The fourth-order valence-electron chi connectivity index (χ4n) is 4.88. The second-order valence-corrected chi connectivity index (χ2v) is 11.4. The van der Waals surface area contributed by atoms with Crippen LogP contribution in [0.15, 0.2) is 27.9 Å². The van der Waals surface area contributed by atoms with Crippen LogP contribution in [0, 0.1) is 6.92 Å². The summed E-state index contributed by atoms with van der Waals surface area (Å²) in [6.45, 7) is 8.89. The second kappa shape index (κ2) is 11.3. The molecule has 3 heterocycles. The summed E-state index contributed by atoms with van der Waals surface area (Å²) in [6.07, 6.45) is 2.47. The number of ether oxygens (including phenoxy) is 1. The van der Waals surface area contributed by atoms with Gasteiger partial charge in [0.2, 0.25) is 10.0 Å². The quantitative estimate of drug-likeness (QED) is 0.412. The summed E-state index contributed by atoms with van der Waals surface area (Å²) < 4.78 is 36.4. The van der Waals surface area contributed by atoms with Crippen LogP contribution in [0.3, 0.4) is 0 Å². The van der Waals surface area contributed by atoms with Gasteiger partial charge in [-0.2, -0.15) is 4.31 Å². The lowest BCUT2D eigenvalue weighted by atomic mass is 10.1. The lowest BCUT2D eigenvalue weighted by molar-refractivity contribution is 0.151. The Labute approximate surface area is 217 Å². The van der Waals surface area contributed by atoms with E-state index in [9.17, 15) is 18.3 Å². The summed E-state index contributed by atoms with van der Waals surface area (Å²) in [7, 11) is -1.92. The van der Waals surface area contributed by atoms with Gasteiger partial charge in [-0.3, -0.25) is 9.69 Å². The number of nitrogens with zero attached hydrogens (tertiary/aromatic N) is 4. The summed E-state index contributed by atoms with van der Waals surface area (Å²) in [4.78, 5) is 23.1. The number of hydrogen-bond acceptors (Lipinski definition) is 7. The average molecular weight is 532 g/mol. The van der Waals surface area contributed by atoms with Gasteiger partial charge in [-0.15, -0.1) is 0 Å². The Hall–Kier alpha value is -2.73. The molecule has 4 rings (SSSR count). The number of aliphatic hydroxyl groups is 1. The highest BCUT2D eigenvalue weighted by Gasteiger charge is 2.29. The molecule has 2 N–H and O–H groups in total. The molecule has 0 saturated carbocycles. The van der Waals surface area contributed by atoms with Gasteiger partial charge in [0.1, 0.15) is 17.1 Å². The lowest BCUT2D eigenvalue weighted by Gasteiger charge is -2.33. The Morgan fingerprint density at radius 2 is 1.86 bits per heavy atom. The van der Waals surface area contributed by atoms with Crippen LogP contribution in [0.1, 0.15) is 37.9 Å². The number of sulfonamides is 1. The van der Waals surface area contributed by atoms with E-state index < -0.39 is 10.0 Å². The molecule has 0 amide bonds. The van der Waals surface area contributed by atoms with Crippen LogP contribution in [-0.2, 0) is 23.5 Å². The number of nitrogens with one attached hydrogen (secondary N) is 1. The molecule has 3 aromatic rings. The average Bonchev–Trinajstić information content (AvgIpc) is 3.13. The van der Waals surface area contributed by atoms with Crippen molar-refractivity contribution in [2.24, 2.45) is 7.05 Å². The Kier molecular flexibility index (Phi) is 8.37. The number of aromatic nitrogens is 3. The Balaban J connectivity index is 1.81. The zero-order valence-corrected chi connectivity index (χ0v) is 22.9. The third-order valence-electron chi connectivity index (χ3n) is 7.01. The molecule has 1 aliphatic heterocycles. The van der Waals surface area contributed by atoms with Crippen molar-refractivity contribution in [3.8, 4) is 17.1 Å². The first-order chi connectivity index (χ1) is 17.7. The van der Waals surface area contributed by atoms with Crippen molar-refractivity contribution in [2.75, 3.05) is 45.9 Å². The highest BCUT2D eigenvalue weighted by molar-refractivity contribution is 7.89. The number of rotatable bonds is 10. The summed E-state index contributed by atoms with van der Waals surface area (Å²) in [5.41, 5.74) is 3.32. The van der Waals surface area contributed by atoms with E-state index in [1.807, 2.05) is 30.4 Å². The van der Waals surface area contributed by atoms with Crippen molar-refractivity contribution < 1.29 is 18.3 Å². The van der Waals surface area contributed by atoms with Crippen LogP contribution in [0.2, 0.25) is 0 Å². The molecule has 202 valence electrons. The fraction of sp³-hybridized carbons (Fsp3) is 0.538. The lowest BCUT2D eigenvalue weighted by Crippen LogP contribution is -2.49. The Morgan fingerprint density at radius 3 is 2.51 bits per heavy atom. The minimum absolute atomic E-state index is 0.0474. The molecule has 0 radical (unpaired) electrons. The predicted molar refractivity (Wildman–Crippen MR) is 144 cm³/mol. The van der Waals surface area contributed by atoms with Crippen molar-refractivity contribution >= 4 is 21.1 Å². The van der Waals surface area contributed by atoms with Gasteiger partial charge in [-0.05, 0) is 43.5 Å². The molecule has 1 aliphatic rings. The summed E-state index contributed by atoms with van der Waals surface area (Å²) >= 11 is 0. The maximum atomic E-state index is 13.5. The number of H-pyrrole nitrogens is 1. The van der Waals surface area contributed by atoms with E-state index in [1.165, 1.54) is 4.31 Å². The summed E-state index contributed by atoms with van der Waals surface area (Å²) in [5, 5.41) is 9.18. The number of benzene rings is 1. The summed E-state index contributed by atoms with van der Waals surface area (Å²) in [6, 6.07) is 4.75. The second-order valence-electron chi connectivity index (χ2n) is 9.46. The molecule has 37 heavy (non-hydrogen) atoms. The molecular weight excluding hydrogens is 494 g/mol. The highest BCUT2D eigenvalue weighted by Crippen LogP contribution is 2.33. The van der Waals surface area contributed by atoms with Crippen molar-refractivity contribution in [2.45, 2.75) is 44.9 Å². The summed E-state index contributed by atoms with van der Waals surface area (Å²) in [5.74, 6) is 0.761. The SMILES string of the molecule is CCCOc1ccc(S(=O)(=O)N2CCN(CCO)CC2)cc1-c1nc2c(CCC)c(C)n(C)c2c(=O)[nH]1. The van der Waals surface area contributed by atoms with Gasteiger partial charge in [0.25, 0.3) is 5.56 Å². The minimum atomic E-state index is -3.78. The maximum Gasteiger partial charge on any atom is 0.275 e.